The molecular weight excluding hydrogens is 132 g/mol. The smallest absolute Gasteiger partial charge is 0.158 e. The summed E-state index contributed by atoms with van der Waals surface area (Å²) in [5.74, 6) is -1.33. The Balaban J connectivity index is 2.96. The highest BCUT2D eigenvalue weighted by molar-refractivity contribution is 5.24. The maximum atomic E-state index is 8.82. The molecule has 1 aromatic heterocycles. The van der Waals surface area contributed by atoms with Gasteiger partial charge in [0, 0.05) is 12.3 Å². The lowest BCUT2D eigenvalue weighted by Crippen LogP contribution is -2.54. The largest absolute Gasteiger partial charge is 0.506 e. The fraction of sp³-hybridized carbons (Fsp3) is 0.200. The number of hydrogen-bond donors (Lipinski definition) is 5. The average molecular weight is 142 g/mol. The van der Waals surface area contributed by atoms with E-state index >= 15 is 0 Å². The maximum absolute atomic E-state index is 8.82. The first-order valence-electron chi connectivity index (χ1n) is 2.74. The summed E-state index contributed by atoms with van der Waals surface area (Å²) in [6.45, 7) is 0. The zero-order valence-corrected chi connectivity index (χ0v) is 5.33. The number of nitrogens with one attached hydrogen (secondary N) is 1. The van der Waals surface area contributed by atoms with E-state index in [1.165, 1.54) is 12.3 Å². The number of aromatic hydroxyl groups is 1. The van der Waals surface area contributed by atoms with Crippen LogP contribution in [-0.4, -0.2) is 10.1 Å². The zero-order valence-electron chi connectivity index (χ0n) is 5.33. The van der Waals surface area contributed by atoms with E-state index in [4.69, 9.17) is 22.3 Å². The molecule has 1 aromatic rings. The fourth-order valence-corrected chi connectivity index (χ4v) is 0.633. The van der Waals surface area contributed by atoms with E-state index in [0.717, 1.165) is 0 Å². The van der Waals surface area contributed by atoms with Crippen LogP contribution in [0.4, 0.5) is 0 Å². The third kappa shape index (κ3) is 1.27. The van der Waals surface area contributed by atoms with E-state index < -0.39 is 5.79 Å². The number of hydrogen-bond acceptors (Lipinski definition) is 4. The lowest BCUT2D eigenvalue weighted by Gasteiger charge is -2.15. The highest BCUT2D eigenvalue weighted by Gasteiger charge is 2.16. The van der Waals surface area contributed by atoms with Crippen molar-refractivity contribution < 1.29 is 5.11 Å². The highest BCUT2D eigenvalue weighted by Crippen LogP contribution is 2.12. The molecule has 10 heavy (non-hydrogen) atoms. The van der Waals surface area contributed by atoms with Gasteiger partial charge in [0.15, 0.2) is 5.79 Å². The van der Waals surface area contributed by atoms with Gasteiger partial charge < -0.3 is 10.1 Å². The lowest BCUT2D eigenvalue weighted by molar-refractivity contribution is 0.465. The van der Waals surface area contributed by atoms with Crippen molar-refractivity contribution in [1.82, 2.24) is 4.98 Å². The Morgan fingerprint density at radius 2 is 2.00 bits per heavy atom. The number of aromatic amines is 1. The van der Waals surface area contributed by atoms with E-state index in [2.05, 4.69) is 4.98 Å². The summed E-state index contributed by atoms with van der Waals surface area (Å²) in [5, 5.41) is 8.82. The molecular formula is C5H10N4O. The molecule has 0 bridgehead atoms. The van der Waals surface area contributed by atoms with E-state index in [9.17, 15) is 0 Å². The topological polar surface area (TPSA) is 114 Å². The third-order valence-corrected chi connectivity index (χ3v) is 1.13. The second-order valence-electron chi connectivity index (χ2n) is 2.20. The van der Waals surface area contributed by atoms with Gasteiger partial charge in [0.1, 0.15) is 5.75 Å². The summed E-state index contributed by atoms with van der Waals surface area (Å²) < 4.78 is 0. The van der Waals surface area contributed by atoms with Crippen molar-refractivity contribution in [3.8, 4) is 5.75 Å². The van der Waals surface area contributed by atoms with Crippen molar-refractivity contribution in [3.05, 3.63) is 18.0 Å². The molecule has 0 unspecified atom stereocenters. The molecule has 0 fully saturated rings. The molecule has 0 saturated carbocycles. The Morgan fingerprint density at radius 1 is 1.40 bits per heavy atom. The molecule has 8 N–H and O–H groups in total. The van der Waals surface area contributed by atoms with Gasteiger partial charge in [-0.1, -0.05) is 0 Å². The number of rotatable bonds is 1. The molecule has 5 heteroatoms. The van der Waals surface area contributed by atoms with Crippen molar-refractivity contribution >= 4 is 0 Å². The van der Waals surface area contributed by atoms with Gasteiger partial charge in [-0.2, -0.15) is 0 Å². The summed E-state index contributed by atoms with van der Waals surface area (Å²) in [7, 11) is 0. The number of aromatic nitrogens is 1. The zero-order chi connectivity index (χ0) is 7.78. The Morgan fingerprint density at radius 3 is 2.20 bits per heavy atom. The molecule has 0 saturated heterocycles. The molecule has 0 atom stereocenters. The number of H-pyrrole nitrogens is 1. The van der Waals surface area contributed by atoms with Crippen LogP contribution in [0, 0.1) is 0 Å². The van der Waals surface area contributed by atoms with Crippen LogP contribution < -0.4 is 17.2 Å². The van der Waals surface area contributed by atoms with Crippen molar-refractivity contribution in [2.24, 2.45) is 17.2 Å². The molecule has 0 aliphatic rings. The molecule has 0 amide bonds. The van der Waals surface area contributed by atoms with Gasteiger partial charge >= 0.3 is 0 Å². The second kappa shape index (κ2) is 1.98. The van der Waals surface area contributed by atoms with Crippen LogP contribution in [-0.2, 0) is 5.79 Å². The van der Waals surface area contributed by atoms with Gasteiger partial charge in [-0.15, -0.1) is 0 Å². The van der Waals surface area contributed by atoms with Crippen LogP contribution in [0.3, 0.4) is 0 Å². The quantitative estimate of drug-likeness (QED) is 0.314. The summed E-state index contributed by atoms with van der Waals surface area (Å²) in [5.41, 5.74) is 16.2. The lowest BCUT2D eigenvalue weighted by atomic mass is 10.3. The standard InChI is InChI=1S/C5H10N4O/c6-5(7,8)4-1-3(10)2-9-4/h1-2,9-10H,6-8H2. The van der Waals surface area contributed by atoms with Gasteiger partial charge in [0.05, 0.1) is 5.69 Å². The van der Waals surface area contributed by atoms with E-state index in [1.807, 2.05) is 0 Å². The van der Waals surface area contributed by atoms with Gasteiger partial charge in [-0.05, 0) is 0 Å². The first-order valence-corrected chi connectivity index (χ1v) is 2.74. The molecule has 0 aliphatic carbocycles. The average Bonchev–Trinajstić information content (AvgIpc) is 2.11. The van der Waals surface area contributed by atoms with Crippen LogP contribution in [0.15, 0.2) is 12.3 Å². The molecule has 1 rings (SSSR count). The van der Waals surface area contributed by atoms with E-state index in [0.29, 0.717) is 5.69 Å². The molecule has 5 nitrogen and oxygen atoms in total. The Labute approximate surface area is 57.8 Å². The van der Waals surface area contributed by atoms with Gasteiger partial charge in [0.25, 0.3) is 0 Å². The first kappa shape index (κ1) is 7.07. The third-order valence-electron chi connectivity index (χ3n) is 1.13. The van der Waals surface area contributed by atoms with Crippen LogP contribution in [0.5, 0.6) is 5.75 Å². The minimum Gasteiger partial charge on any atom is -0.506 e. The van der Waals surface area contributed by atoms with Crippen LogP contribution in [0.25, 0.3) is 0 Å². The monoisotopic (exact) mass is 142 g/mol. The molecule has 56 valence electrons. The Bertz CT molecular complexity index is 224. The van der Waals surface area contributed by atoms with Crippen molar-refractivity contribution in [3.63, 3.8) is 0 Å². The van der Waals surface area contributed by atoms with Gasteiger partial charge in [-0.3, -0.25) is 17.2 Å². The fourth-order valence-electron chi connectivity index (χ4n) is 0.633. The Kier molecular flexibility index (Phi) is 1.40. The predicted molar refractivity (Wildman–Crippen MR) is 36.7 cm³/mol. The van der Waals surface area contributed by atoms with Crippen molar-refractivity contribution in [2.75, 3.05) is 0 Å². The van der Waals surface area contributed by atoms with Crippen LogP contribution in [0.2, 0.25) is 0 Å². The van der Waals surface area contributed by atoms with Gasteiger partial charge in [-0.25, -0.2) is 0 Å². The van der Waals surface area contributed by atoms with E-state index in [1.54, 1.807) is 0 Å². The minimum atomic E-state index is -1.40. The van der Waals surface area contributed by atoms with Gasteiger partial charge in [0.2, 0.25) is 0 Å². The van der Waals surface area contributed by atoms with Crippen LogP contribution >= 0.6 is 0 Å². The minimum absolute atomic E-state index is 0.0701. The summed E-state index contributed by atoms with van der Waals surface area (Å²) >= 11 is 0. The van der Waals surface area contributed by atoms with Crippen molar-refractivity contribution in [2.45, 2.75) is 5.79 Å². The van der Waals surface area contributed by atoms with Crippen LogP contribution in [0.1, 0.15) is 5.69 Å². The molecule has 0 aromatic carbocycles. The summed E-state index contributed by atoms with van der Waals surface area (Å²) in [4.78, 5) is 2.62. The maximum Gasteiger partial charge on any atom is 0.158 e. The highest BCUT2D eigenvalue weighted by atomic mass is 16.3. The predicted octanol–water partition coefficient (Wildman–Crippen LogP) is -1.29. The normalized spacial score (nSPS) is 11.9. The molecule has 0 spiro atoms. The number of nitrogens with two attached hydrogens (primary N) is 3. The van der Waals surface area contributed by atoms with Crippen molar-refractivity contribution in [1.29, 1.82) is 0 Å². The first-order chi connectivity index (χ1) is 4.50. The molecule has 0 aliphatic heterocycles. The van der Waals surface area contributed by atoms with E-state index in [-0.39, 0.29) is 5.75 Å². The summed E-state index contributed by atoms with van der Waals surface area (Å²) in [6.07, 6.45) is 1.36. The molecule has 0 radical (unpaired) electrons. The molecule has 1 heterocycles. The second-order valence-corrected chi connectivity index (χ2v) is 2.20. The SMILES string of the molecule is NC(N)(N)c1cc(O)c[nH]1. The summed E-state index contributed by atoms with van der Waals surface area (Å²) in [6, 6.07) is 1.38. The Hall–Kier alpha value is -1.04.